The Morgan fingerprint density at radius 3 is 2.24 bits per heavy atom. The average Bonchev–Trinajstić information content (AvgIpc) is 3.28. The van der Waals surface area contributed by atoms with Gasteiger partial charge in [0.15, 0.2) is 5.78 Å². The molecule has 3 aliphatic rings. The standard InChI is InChI=1S/C32H25F6NO3/c1-39-30(41)27-26-24(42-29(27)17-2-5-20(33)6-3-17)11-19(8-9-32(36,37)38)25(28(26)35)18-4-7-22(34)21(10-18)23(40)15-31-12-16(13-31)14-31/h2-7,10-11,16H,8-9,12-15H2,1H3,(H,39,41). The van der Waals surface area contributed by atoms with Crippen LogP contribution in [0.2, 0.25) is 0 Å². The van der Waals surface area contributed by atoms with E-state index in [1.807, 2.05) is 0 Å². The van der Waals surface area contributed by atoms with E-state index in [-0.39, 0.29) is 61.9 Å². The number of aryl methyl sites for hydroxylation is 1. The van der Waals surface area contributed by atoms with Crippen LogP contribution in [-0.2, 0) is 6.42 Å². The van der Waals surface area contributed by atoms with Crippen molar-refractivity contribution >= 4 is 22.7 Å². The molecule has 0 atom stereocenters. The molecule has 3 saturated carbocycles. The summed E-state index contributed by atoms with van der Waals surface area (Å²) in [7, 11) is 1.32. The first kappa shape index (κ1) is 28.1. The third kappa shape index (κ3) is 4.86. The molecule has 218 valence electrons. The smallest absolute Gasteiger partial charge is 0.389 e. The lowest BCUT2D eigenvalue weighted by Crippen LogP contribution is -2.52. The van der Waals surface area contributed by atoms with Crippen LogP contribution in [0.1, 0.15) is 58.4 Å². The van der Waals surface area contributed by atoms with E-state index in [0.717, 1.165) is 37.5 Å². The third-order valence-electron chi connectivity index (χ3n) is 8.50. The second-order valence-electron chi connectivity index (χ2n) is 11.4. The van der Waals surface area contributed by atoms with Crippen LogP contribution in [-0.4, -0.2) is 24.9 Å². The van der Waals surface area contributed by atoms with E-state index in [4.69, 9.17) is 4.42 Å². The van der Waals surface area contributed by atoms with Gasteiger partial charge in [0.2, 0.25) is 0 Å². The largest absolute Gasteiger partial charge is 0.455 e. The first-order chi connectivity index (χ1) is 19.9. The molecule has 10 heteroatoms. The zero-order chi connectivity index (χ0) is 30.0. The van der Waals surface area contributed by atoms with Crippen LogP contribution in [0.4, 0.5) is 26.3 Å². The van der Waals surface area contributed by atoms with Gasteiger partial charge in [-0.3, -0.25) is 9.59 Å². The minimum Gasteiger partial charge on any atom is -0.455 e. The Bertz CT molecular complexity index is 1720. The molecule has 3 aromatic carbocycles. The summed E-state index contributed by atoms with van der Waals surface area (Å²) in [6.45, 7) is 0. The van der Waals surface area contributed by atoms with Gasteiger partial charge in [-0.2, -0.15) is 13.2 Å². The van der Waals surface area contributed by atoms with Crippen molar-refractivity contribution in [2.75, 3.05) is 7.05 Å². The molecule has 4 aromatic rings. The van der Waals surface area contributed by atoms with Crippen molar-refractivity contribution in [2.45, 2.75) is 44.7 Å². The maximum Gasteiger partial charge on any atom is 0.389 e. The summed E-state index contributed by atoms with van der Waals surface area (Å²) in [4.78, 5) is 26.1. The van der Waals surface area contributed by atoms with E-state index >= 15 is 4.39 Å². The zero-order valence-electron chi connectivity index (χ0n) is 22.4. The molecule has 1 heterocycles. The molecule has 1 aromatic heterocycles. The number of carbonyl (C=O) groups excluding carboxylic acids is 2. The predicted octanol–water partition coefficient (Wildman–Crippen LogP) is 8.41. The number of hydrogen-bond donors (Lipinski definition) is 1. The van der Waals surface area contributed by atoms with Gasteiger partial charge in [-0.25, -0.2) is 13.2 Å². The highest BCUT2D eigenvalue weighted by molar-refractivity contribution is 6.12. The lowest BCUT2D eigenvalue weighted by molar-refractivity contribution is -0.133. The topological polar surface area (TPSA) is 59.3 Å². The van der Waals surface area contributed by atoms with Gasteiger partial charge in [0.05, 0.1) is 16.5 Å². The average molecular weight is 586 g/mol. The molecule has 0 unspecified atom stereocenters. The number of benzene rings is 3. The van der Waals surface area contributed by atoms with Crippen LogP contribution >= 0.6 is 0 Å². The van der Waals surface area contributed by atoms with E-state index in [0.29, 0.717) is 5.92 Å². The number of ketones is 1. The lowest BCUT2D eigenvalue weighted by atomic mass is 9.43. The van der Waals surface area contributed by atoms with Gasteiger partial charge >= 0.3 is 6.18 Å². The van der Waals surface area contributed by atoms with Crippen molar-refractivity contribution in [1.29, 1.82) is 0 Å². The number of alkyl halides is 3. The van der Waals surface area contributed by atoms with E-state index in [2.05, 4.69) is 5.32 Å². The number of Topliss-reactive ketones (excluding diaryl/α,β-unsaturated/α-hetero) is 1. The number of halogens is 6. The molecule has 0 spiro atoms. The number of furan rings is 1. The molecule has 0 aliphatic heterocycles. The molecule has 1 amide bonds. The number of fused-ring (bicyclic) bond motifs is 1. The Labute approximate surface area is 236 Å². The van der Waals surface area contributed by atoms with E-state index < -0.39 is 48.2 Å². The van der Waals surface area contributed by atoms with Crippen molar-refractivity contribution in [2.24, 2.45) is 11.3 Å². The third-order valence-corrected chi connectivity index (χ3v) is 8.50. The molecule has 3 aliphatic carbocycles. The number of carbonyl (C=O) groups is 2. The zero-order valence-corrected chi connectivity index (χ0v) is 22.4. The second kappa shape index (κ2) is 10.0. The summed E-state index contributed by atoms with van der Waals surface area (Å²) in [5.74, 6) is -3.10. The molecule has 1 N–H and O–H groups in total. The highest BCUT2D eigenvalue weighted by Gasteiger charge is 2.57. The summed E-state index contributed by atoms with van der Waals surface area (Å²) in [6.07, 6.45) is -3.61. The van der Waals surface area contributed by atoms with Gasteiger partial charge in [-0.1, -0.05) is 6.07 Å². The van der Waals surface area contributed by atoms with Crippen molar-refractivity contribution in [3.8, 4) is 22.5 Å². The van der Waals surface area contributed by atoms with Crippen LogP contribution in [0.3, 0.4) is 0 Å². The van der Waals surface area contributed by atoms with Gasteiger partial charge in [-0.05, 0) is 90.6 Å². The van der Waals surface area contributed by atoms with Crippen molar-refractivity contribution in [1.82, 2.24) is 5.32 Å². The fraction of sp³-hybridized carbons (Fsp3) is 0.312. The Hall–Kier alpha value is -4.08. The fourth-order valence-electron chi connectivity index (χ4n) is 6.40. The fourth-order valence-corrected chi connectivity index (χ4v) is 6.40. The summed E-state index contributed by atoms with van der Waals surface area (Å²) in [5.41, 5.74) is -0.941. The number of hydrogen-bond acceptors (Lipinski definition) is 3. The normalized spacial score (nSPS) is 19.4. The number of rotatable bonds is 8. The minimum atomic E-state index is -4.56. The highest BCUT2D eigenvalue weighted by Crippen LogP contribution is 2.66. The maximum atomic E-state index is 16.6. The first-order valence-electron chi connectivity index (χ1n) is 13.5. The minimum absolute atomic E-state index is 0.00121. The van der Waals surface area contributed by atoms with E-state index in [1.165, 1.54) is 37.4 Å². The Morgan fingerprint density at radius 2 is 1.64 bits per heavy atom. The quantitative estimate of drug-likeness (QED) is 0.167. The van der Waals surface area contributed by atoms with E-state index in [9.17, 15) is 31.5 Å². The second-order valence-corrected chi connectivity index (χ2v) is 11.4. The van der Waals surface area contributed by atoms with Crippen LogP contribution in [0.5, 0.6) is 0 Å². The van der Waals surface area contributed by atoms with Gasteiger partial charge < -0.3 is 9.73 Å². The molecule has 42 heavy (non-hydrogen) atoms. The summed E-state index contributed by atoms with van der Waals surface area (Å²) in [6, 6.07) is 9.50. The highest BCUT2D eigenvalue weighted by atomic mass is 19.4. The van der Waals surface area contributed by atoms with Gasteiger partial charge in [-0.15, -0.1) is 0 Å². The molecule has 2 bridgehead atoms. The Balaban J connectivity index is 1.54. The molecule has 0 saturated heterocycles. The van der Waals surface area contributed by atoms with Gasteiger partial charge in [0.1, 0.15) is 28.8 Å². The van der Waals surface area contributed by atoms with Gasteiger partial charge in [0.25, 0.3) is 5.91 Å². The lowest BCUT2D eigenvalue weighted by Gasteiger charge is -2.62. The Morgan fingerprint density at radius 1 is 0.976 bits per heavy atom. The van der Waals surface area contributed by atoms with Crippen molar-refractivity contribution in [3.05, 3.63) is 82.7 Å². The summed E-state index contributed by atoms with van der Waals surface area (Å²) >= 11 is 0. The molecule has 4 nitrogen and oxygen atoms in total. The van der Waals surface area contributed by atoms with Crippen LogP contribution in [0.25, 0.3) is 33.4 Å². The molecule has 7 rings (SSSR count). The van der Waals surface area contributed by atoms with Crippen LogP contribution < -0.4 is 5.32 Å². The Kier molecular flexibility index (Phi) is 6.70. The molecular formula is C32H25F6NO3. The van der Waals surface area contributed by atoms with Crippen LogP contribution in [0.15, 0.2) is 52.9 Å². The molecular weight excluding hydrogens is 560 g/mol. The number of amides is 1. The first-order valence-corrected chi connectivity index (χ1v) is 13.5. The van der Waals surface area contributed by atoms with Crippen LogP contribution in [0, 0.1) is 28.8 Å². The van der Waals surface area contributed by atoms with Crippen molar-refractivity contribution < 1.29 is 40.3 Å². The predicted molar refractivity (Wildman–Crippen MR) is 143 cm³/mol. The monoisotopic (exact) mass is 585 g/mol. The molecule has 3 fully saturated rings. The van der Waals surface area contributed by atoms with E-state index in [1.54, 1.807) is 0 Å². The maximum absolute atomic E-state index is 16.6. The number of nitrogens with one attached hydrogen (secondary N) is 1. The SMILES string of the molecule is CNC(=O)c1c(-c2ccc(F)cc2)oc2cc(CCC(F)(F)F)c(-c3ccc(F)c(C(=O)CC45CC(C4)C5)c3)c(F)c12. The van der Waals surface area contributed by atoms with Gasteiger partial charge in [0, 0.05) is 31.0 Å². The summed E-state index contributed by atoms with van der Waals surface area (Å²) in [5, 5.41) is 2.11. The van der Waals surface area contributed by atoms with Crippen molar-refractivity contribution in [3.63, 3.8) is 0 Å². The molecule has 0 radical (unpaired) electrons. The summed E-state index contributed by atoms with van der Waals surface area (Å²) < 4.78 is 90.8.